The molecule has 0 saturated carbocycles. The first-order valence-electron chi connectivity index (χ1n) is 7.04. The molecular weight excluding hydrogens is 389 g/mol. The molecule has 8 heteroatoms. The van der Waals surface area contributed by atoms with Gasteiger partial charge in [-0.25, -0.2) is 0 Å². The quantitative estimate of drug-likeness (QED) is 0.584. The molecule has 2 rings (SSSR count). The van der Waals surface area contributed by atoms with Crippen LogP contribution in [0.25, 0.3) is 0 Å². The molecule has 0 fully saturated rings. The van der Waals surface area contributed by atoms with E-state index in [1.165, 1.54) is 12.1 Å². The van der Waals surface area contributed by atoms with Gasteiger partial charge in [-0.2, -0.15) is 0 Å². The molecule has 2 aromatic rings. The van der Waals surface area contributed by atoms with Crippen molar-refractivity contribution in [2.24, 2.45) is 0 Å². The van der Waals surface area contributed by atoms with E-state index in [9.17, 15) is 13.6 Å². The van der Waals surface area contributed by atoms with E-state index in [1.807, 2.05) is 13.8 Å². The average Bonchev–Trinajstić information content (AvgIpc) is 2.46. The van der Waals surface area contributed by atoms with Crippen molar-refractivity contribution < 1.29 is 13.5 Å². The van der Waals surface area contributed by atoms with Crippen LogP contribution in [0.1, 0.15) is 19.4 Å². The first kappa shape index (κ1) is 18.0. The van der Waals surface area contributed by atoms with Gasteiger partial charge in [-0.15, -0.1) is 0 Å². The fourth-order valence-electron chi connectivity index (χ4n) is 2.02. The SMILES string of the molecule is CCOCn1c([Se]c2cc(F)cc(F)c2)c(CC)c(=O)[nH]c1=S. The van der Waals surface area contributed by atoms with Crippen LogP contribution >= 0.6 is 12.2 Å². The second kappa shape index (κ2) is 7.97. The Morgan fingerprint density at radius 2 is 1.91 bits per heavy atom. The Morgan fingerprint density at radius 3 is 2.48 bits per heavy atom. The Bertz CT molecular complexity index is 800. The van der Waals surface area contributed by atoms with Crippen LogP contribution < -0.4 is 14.6 Å². The van der Waals surface area contributed by atoms with Gasteiger partial charge in [0, 0.05) is 0 Å². The minimum absolute atomic E-state index is 0.188. The number of hydrogen-bond donors (Lipinski definition) is 1. The summed E-state index contributed by atoms with van der Waals surface area (Å²) in [4.78, 5) is 14.7. The first-order chi connectivity index (χ1) is 11.0. The number of halogens is 2. The normalized spacial score (nSPS) is 11.0. The van der Waals surface area contributed by atoms with Gasteiger partial charge in [0.25, 0.3) is 0 Å². The van der Waals surface area contributed by atoms with E-state index < -0.39 is 26.6 Å². The van der Waals surface area contributed by atoms with Gasteiger partial charge in [-0.05, 0) is 0 Å². The van der Waals surface area contributed by atoms with Crippen molar-refractivity contribution in [2.75, 3.05) is 6.61 Å². The summed E-state index contributed by atoms with van der Waals surface area (Å²) in [5.74, 6) is -1.28. The van der Waals surface area contributed by atoms with Gasteiger partial charge >= 0.3 is 143 Å². The van der Waals surface area contributed by atoms with Gasteiger partial charge in [0.15, 0.2) is 0 Å². The molecule has 0 saturated heterocycles. The number of nitrogens with one attached hydrogen (secondary N) is 1. The minimum atomic E-state index is -0.639. The Labute approximate surface area is 143 Å². The van der Waals surface area contributed by atoms with Crippen LogP contribution in [-0.4, -0.2) is 31.1 Å². The van der Waals surface area contributed by atoms with Gasteiger partial charge < -0.3 is 0 Å². The molecule has 0 aliphatic rings. The molecule has 0 radical (unpaired) electrons. The van der Waals surface area contributed by atoms with E-state index in [4.69, 9.17) is 17.0 Å². The predicted molar refractivity (Wildman–Crippen MR) is 88.3 cm³/mol. The number of H-pyrrole nitrogens is 1. The van der Waals surface area contributed by atoms with E-state index in [0.29, 0.717) is 27.6 Å². The standard InChI is InChI=1S/C15H16F2N2O2SSe/c1-3-12-13(20)18-15(22)19(8-21-4-2)14(12)23-11-6-9(16)5-10(17)7-11/h5-7H,3-4,8H2,1-2H3,(H,18,20,22). The summed E-state index contributed by atoms with van der Waals surface area (Å²) in [6.45, 7) is 4.38. The molecule has 0 bridgehead atoms. The fourth-order valence-corrected chi connectivity index (χ4v) is 4.86. The van der Waals surface area contributed by atoms with Crippen LogP contribution in [0.15, 0.2) is 23.0 Å². The molecule has 0 aliphatic carbocycles. The number of nitrogens with zero attached hydrogens (tertiary/aromatic N) is 1. The number of aromatic amines is 1. The Kier molecular flexibility index (Phi) is 6.24. The monoisotopic (exact) mass is 406 g/mol. The van der Waals surface area contributed by atoms with Gasteiger partial charge in [-0.1, -0.05) is 0 Å². The van der Waals surface area contributed by atoms with Gasteiger partial charge in [0.1, 0.15) is 0 Å². The molecule has 0 atom stereocenters. The van der Waals surface area contributed by atoms with Crippen molar-refractivity contribution in [3.63, 3.8) is 0 Å². The summed E-state index contributed by atoms with van der Waals surface area (Å²) in [5.41, 5.74) is 0.293. The zero-order chi connectivity index (χ0) is 17.0. The molecule has 0 unspecified atom stereocenters. The molecule has 1 aromatic heterocycles. The van der Waals surface area contributed by atoms with E-state index >= 15 is 0 Å². The first-order valence-corrected chi connectivity index (χ1v) is 9.16. The van der Waals surface area contributed by atoms with E-state index in [0.717, 1.165) is 6.07 Å². The summed E-state index contributed by atoms with van der Waals surface area (Å²) in [7, 11) is 0. The molecule has 1 aromatic carbocycles. The van der Waals surface area contributed by atoms with Crippen molar-refractivity contribution in [3.8, 4) is 0 Å². The van der Waals surface area contributed by atoms with E-state index in [2.05, 4.69) is 4.98 Å². The molecular formula is C15H16F2N2O2SSe. The molecule has 1 heterocycles. The summed E-state index contributed by atoms with van der Waals surface area (Å²) < 4.78 is 35.3. The summed E-state index contributed by atoms with van der Waals surface area (Å²) in [6.07, 6.45) is 0.492. The topological polar surface area (TPSA) is 47.0 Å². The molecule has 124 valence electrons. The van der Waals surface area contributed by atoms with Gasteiger partial charge in [0.05, 0.1) is 0 Å². The number of rotatable bonds is 6. The number of ether oxygens (including phenoxy) is 1. The third-order valence-electron chi connectivity index (χ3n) is 3.07. The maximum absolute atomic E-state index is 13.4. The van der Waals surface area contributed by atoms with Crippen molar-refractivity contribution >= 4 is 36.2 Å². The van der Waals surface area contributed by atoms with Crippen LogP contribution in [0, 0.1) is 16.4 Å². The molecule has 23 heavy (non-hydrogen) atoms. The van der Waals surface area contributed by atoms with Gasteiger partial charge in [0.2, 0.25) is 0 Å². The Hall–Kier alpha value is -1.34. The molecule has 0 spiro atoms. The van der Waals surface area contributed by atoms with Crippen molar-refractivity contribution in [2.45, 2.75) is 27.0 Å². The summed E-state index contributed by atoms with van der Waals surface area (Å²) in [5, 5.41) is 0. The molecule has 1 N–H and O–H groups in total. The van der Waals surface area contributed by atoms with Crippen molar-refractivity contribution in [3.05, 3.63) is 50.5 Å². The van der Waals surface area contributed by atoms with E-state index in [1.54, 1.807) is 4.57 Å². The zero-order valence-corrected chi connectivity index (χ0v) is 15.2. The molecule has 0 aliphatic heterocycles. The maximum atomic E-state index is 13.4. The average molecular weight is 405 g/mol. The number of aromatic nitrogens is 2. The van der Waals surface area contributed by atoms with Gasteiger partial charge in [-0.3, -0.25) is 0 Å². The van der Waals surface area contributed by atoms with Crippen molar-refractivity contribution in [1.82, 2.24) is 9.55 Å². The second-order valence-electron chi connectivity index (χ2n) is 4.65. The van der Waals surface area contributed by atoms with Crippen molar-refractivity contribution in [1.29, 1.82) is 0 Å². The number of benzene rings is 1. The summed E-state index contributed by atoms with van der Waals surface area (Å²) >= 11 is 4.73. The zero-order valence-electron chi connectivity index (χ0n) is 12.7. The second-order valence-corrected chi connectivity index (χ2v) is 7.27. The molecule has 0 amide bonds. The third-order valence-corrected chi connectivity index (χ3v) is 5.77. The predicted octanol–water partition coefficient (Wildman–Crippen LogP) is 1.40. The van der Waals surface area contributed by atoms with E-state index in [-0.39, 0.29) is 17.1 Å². The van der Waals surface area contributed by atoms with Crippen LogP contribution in [-0.2, 0) is 17.9 Å². The fraction of sp³-hybridized carbons (Fsp3) is 0.333. The van der Waals surface area contributed by atoms with Crippen LogP contribution in [0.5, 0.6) is 0 Å². The molecule has 4 nitrogen and oxygen atoms in total. The van der Waals surface area contributed by atoms with Crippen LogP contribution in [0.3, 0.4) is 0 Å². The third kappa shape index (κ3) is 4.35. The number of hydrogen-bond acceptors (Lipinski definition) is 3. The van der Waals surface area contributed by atoms with Crippen LogP contribution in [0.2, 0.25) is 0 Å². The Morgan fingerprint density at radius 1 is 1.26 bits per heavy atom. The van der Waals surface area contributed by atoms with Crippen LogP contribution in [0.4, 0.5) is 8.78 Å². The Balaban J connectivity index is 2.57. The summed E-state index contributed by atoms with van der Waals surface area (Å²) in [6, 6.07) is 3.38.